The Labute approximate surface area is 127 Å². The third-order valence-corrected chi connectivity index (χ3v) is 4.06. The molecule has 0 radical (unpaired) electrons. The van der Waals surface area contributed by atoms with Crippen LogP contribution in [0, 0.1) is 11.7 Å². The van der Waals surface area contributed by atoms with E-state index in [1.165, 1.54) is 16.8 Å². The van der Waals surface area contributed by atoms with Crippen LogP contribution in [0.4, 0.5) is 4.39 Å². The van der Waals surface area contributed by atoms with Gasteiger partial charge in [-0.25, -0.2) is 9.07 Å². The van der Waals surface area contributed by atoms with Crippen LogP contribution in [0.15, 0.2) is 36.5 Å². The number of hydrogen-bond donors (Lipinski definition) is 2. The molecule has 116 valence electrons. The molecule has 0 aliphatic heterocycles. The lowest BCUT2D eigenvalue weighted by Crippen LogP contribution is -2.32. The van der Waals surface area contributed by atoms with Crippen molar-refractivity contribution in [1.82, 2.24) is 15.1 Å². The van der Waals surface area contributed by atoms with Gasteiger partial charge in [0.25, 0.3) is 5.91 Å². The zero-order chi connectivity index (χ0) is 15.5. The molecule has 5 nitrogen and oxygen atoms in total. The molecule has 22 heavy (non-hydrogen) atoms. The molecule has 6 heteroatoms. The van der Waals surface area contributed by atoms with Gasteiger partial charge in [0.1, 0.15) is 5.82 Å². The lowest BCUT2D eigenvalue weighted by atomic mass is 10.1. The molecule has 2 aromatic rings. The average Bonchev–Trinajstić information content (AvgIpc) is 3.15. The fraction of sp³-hybridized carbons (Fsp3) is 0.375. The van der Waals surface area contributed by atoms with Crippen LogP contribution in [0.5, 0.6) is 0 Å². The molecule has 1 aromatic carbocycles. The topological polar surface area (TPSA) is 67.2 Å². The maximum Gasteiger partial charge on any atom is 0.271 e. The molecule has 1 saturated carbocycles. The molecule has 1 amide bonds. The van der Waals surface area contributed by atoms with Crippen LogP contribution in [0.3, 0.4) is 0 Å². The third kappa shape index (κ3) is 3.17. The highest BCUT2D eigenvalue weighted by molar-refractivity contribution is 5.92. The van der Waals surface area contributed by atoms with Gasteiger partial charge in [0.15, 0.2) is 5.69 Å². The largest absolute Gasteiger partial charge is 0.393 e. The van der Waals surface area contributed by atoms with E-state index in [-0.39, 0.29) is 23.7 Å². The molecule has 1 aliphatic rings. The minimum Gasteiger partial charge on any atom is -0.393 e. The van der Waals surface area contributed by atoms with Crippen molar-refractivity contribution in [1.29, 1.82) is 0 Å². The number of hydrogen-bond acceptors (Lipinski definition) is 3. The molecular weight excluding hydrogens is 285 g/mol. The maximum absolute atomic E-state index is 12.9. The van der Waals surface area contributed by atoms with Crippen LogP contribution in [0.25, 0.3) is 5.69 Å². The zero-order valence-electron chi connectivity index (χ0n) is 12.1. The predicted molar refractivity (Wildman–Crippen MR) is 79.2 cm³/mol. The lowest BCUT2D eigenvalue weighted by molar-refractivity contribution is 0.0911. The quantitative estimate of drug-likeness (QED) is 0.906. The molecule has 3 rings (SSSR count). The highest BCUT2D eigenvalue weighted by Gasteiger charge is 2.25. The summed E-state index contributed by atoms with van der Waals surface area (Å²) in [5, 5.41) is 16.8. The van der Waals surface area contributed by atoms with Gasteiger partial charge in [-0.2, -0.15) is 5.10 Å². The normalized spacial score (nSPS) is 21.0. The first-order valence-corrected chi connectivity index (χ1v) is 7.41. The second-order valence-corrected chi connectivity index (χ2v) is 5.59. The van der Waals surface area contributed by atoms with E-state index in [9.17, 15) is 14.3 Å². The van der Waals surface area contributed by atoms with Gasteiger partial charge in [-0.1, -0.05) is 6.42 Å². The molecule has 0 spiro atoms. The highest BCUT2D eigenvalue weighted by atomic mass is 19.1. The van der Waals surface area contributed by atoms with Gasteiger partial charge < -0.3 is 10.4 Å². The number of aliphatic hydroxyl groups excluding tert-OH is 1. The average molecular weight is 303 g/mol. The molecule has 1 heterocycles. The predicted octanol–water partition coefficient (Wildman–Crippen LogP) is 1.90. The first-order valence-electron chi connectivity index (χ1n) is 7.41. The van der Waals surface area contributed by atoms with Gasteiger partial charge in [-0.15, -0.1) is 0 Å². The molecule has 2 atom stereocenters. The van der Waals surface area contributed by atoms with Crippen LogP contribution in [0.1, 0.15) is 29.8 Å². The second-order valence-electron chi connectivity index (χ2n) is 5.59. The van der Waals surface area contributed by atoms with Crippen molar-refractivity contribution < 1.29 is 14.3 Å². The maximum atomic E-state index is 12.9. The van der Waals surface area contributed by atoms with Crippen molar-refractivity contribution in [2.45, 2.75) is 25.4 Å². The first kappa shape index (κ1) is 14.7. The second kappa shape index (κ2) is 6.27. The minimum atomic E-state index is -0.322. The summed E-state index contributed by atoms with van der Waals surface area (Å²) < 4.78 is 14.4. The van der Waals surface area contributed by atoms with Crippen molar-refractivity contribution in [2.75, 3.05) is 6.54 Å². The Morgan fingerprint density at radius 2 is 2.09 bits per heavy atom. The summed E-state index contributed by atoms with van der Waals surface area (Å²) in [6, 6.07) is 7.50. The number of rotatable bonds is 4. The Kier molecular flexibility index (Phi) is 4.20. The number of carbonyl (C=O) groups is 1. The van der Waals surface area contributed by atoms with Crippen LogP contribution in [0.2, 0.25) is 0 Å². The van der Waals surface area contributed by atoms with E-state index < -0.39 is 0 Å². The molecule has 0 saturated heterocycles. The third-order valence-electron chi connectivity index (χ3n) is 4.06. The van der Waals surface area contributed by atoms with Crippen molar-refractivity contribution in [3.8, 4) is 5.69 Å². The zero-order valence-corrected chi connectivity index (χ0v) is 12.1. The lowest BCUT2D eigenvalue weighted by Gasteiger charge is -2.14. The van der Waals surface area contributed by atoms with Crippen molar-refractivity contribution in [3.05, 3.63) is 48.0 Å². The number of carbonyl (C=O) groups excluding carboxylic acids is 1. The summed E-state index contributed by atoms with van der Waals surface area (Å²) in [5.41, 5.74) is 0.989. The van der Waals surface area contributed by atoms with Gasteiger partial charge in [0.05, 0.1) is 11.8 Å². The number of benzene rings is 1. The smallest absolute Gasteiger partial charge is 0.271 e. The van der Waals surface area contributed by atoms with E-state index >= 15 is 0 Å². The Morgan fingerprint density at radius 3 is 2.77 bits per heavy atom. The van der Waals surface area contributed by atoms with E-state index in [1.54, 1.807) is 24.4 Å². The van der Waals surface area contributed by atoms with E-state index in [4.69, 9.17) is 0 Å². The minimum absolute atomic E-state index is 0.128. The number of amides is 1. The van der Waals surface area contributed by atoms with Crippen LogP contribution in [-0.4, -0.2) is 33.4 Å². The van der Waals surface area contributed by atoms with Crippen LogP contribution < -0.4 is 5.32 Å². The monoisotopic (exact) mass is 303 g/mol. The number of nitrogens with one attached hydrogen (secondary N) is 1. The Bertz CT molecular complexity index is 654. The fourth-order valence-corrected chi connectivity index (χ4v) is 2.75. The van der Waals surface area contributed by atoms with Gasteiger partial charge in [-0.3, -0.25) is 4.79 Å². The SMILES string of the molecule is O=C(NCC1CCCC1O)c1ccn(-c2ccc(F)cc2)n1. The summed E-state index contributed by atoms with van der Waals surface area (Å²) in [5.74, 6) is -0.452. The number of nitrogens with zero attached hydrogens (tertiary/aromatic N) is 2. The summed E-state index contributed by atoms with van der Waals surface area (Å²) >= 11 is 0. The van der Waals surface area contributed by atoms with E-state index in [0.29, 0.717) is 17.9 Å². The molecule has 1 aromatic heterocycles. The first-order chi connectivity index (χ1) is 10.6. The number of aromatic nitrogens is 2. The Balaban J connectivity index is 1.63. The van der Waals surface area contributed by atoms with Crippen LogP contribution in [-0.2, 0) is 0 Å². The Hall–Kier alpha value is -2.21. The van der Waals surface area contributed by atoms with Crippen molar-refractivity contribution in [3.63, 3.8) is 0 Å². The van der Waals surface area contributed by atoms with Gasteiger partial charge in [0, 0.05) is 18.7 Å². The van der Waals surface area contributed by atoms with Crippen LogP contribution >= 0.6 is 0 Å². The van der Waals surface area contributed by atoms with Gasteiger partial charge >= 0.3 is 0 Å². The molecule has 1 aliphatic carbocycles. The number of aliphatic hydroxyl groups is 1. The molecule has 2 N–H and O–H groups in total. The molecular formula is C16H18FN3O2. The van der Waals surface area contributed by atoms with Gasteiger partial charge in [0.2, 0.25) is 0 Å². The Morgan fingerprint density at radius 1 is 1.32 bits per heavy atom. The van der Waals surface area contributed by atoms with Crippen molar-refractivity contribution in [2.24, 2.45) is 5.92 Å². The molecule has 2 unspecified atom stereocenters. The van der Waals surface area contributed by atoms with Crippen molar-refractivity contribution >= 4 is 5.91 Å². The summed E-state index contributed by atoms with van der Waals surface area (Å²) in [7, 11) is 0. The number of halogens is 1. The fourth-order valence-electron chi connectivity index (χ4n) is 2.75. The molecule has 0 bridgehead atoms. The van der Waals surface area contributed by atoms with E-state index in [1.807, 2.05) is 0 Å². The van der Waals surface area contributed by atoms with E-state index in [2.05, 4.69) is 10.4 Å². The van der Waals surface area contributed by atoms with Gasteiger partial charge in [-0.05, 0) is 43.2 Å². The standard InChI is InChI=1S/C16H18FN3O2/c17-12-4-6-13(7-5-12)20-9-8-14(19-20)16(22)18-10-11-2-1-3-15(11)21/h4-9,11,15,21H,1-3,10H2,(H,18,22). The summed E-state index contributed by atoms with van der Waals surface area (Å²) in [4.78, 5) is 12.1. The summed E-state index contributed by atoms with van der Waals surface area (Å²) in [6.07, 6.45) is 4.08. The highest BCUT2D eigenvalue weighted by Crippen LogP contribution is 2.24. The van der Waals surface area contributed by atoms with E-state index in [0.717, 1.165) is 19.3 Å². The summed E-state index contributed by atoms with van der Waals surface area (Å²) in [6.45, 7) is 0.462. The molecule has 1 fully saturated rings.